The van der Waals surface area contributed by atoms with Gasteiger partial charge in [0.25, 0.3) is 0 Å². The first-order valence-electron chi connectivity index (χ1n) is 6.20. The summed E-state index contributed by atoms with van der Waals surface area (Å²) in [7, 11) is 4.29. The molecule has 0 spiro atoms. The number of halogens is 1. The third-order valence-electron chi connectivity index (χ3n) is 3.62. The molecule has 0 bridgehead atoms. The summed E-state index contributed by atoms with van der Waals surface area (Å²) in [4.78, 5) is 12.7. The van der Waals surface area contributed by atoms with Crippen LogP contribution in [0.25, 0.3) is 11.0 Å². The largest absolute Gasteiger partial charge is 0.341 e. The molecular weight excluding hydrogens is 292 g/mol. The van der Waals surface area contributed by atoms with Crippen LogP contribution in [0.2, 0.25) is 0 Å². The molecule has 2 heterocycles. The van der Waals surface area contributed by atoms with Gasteiger partial charge < -0.3 is 14.8 Å². The number of anilines is 1. The molecule has 4 nitrogen and oxygen atoms in total. The van der Waals surface area contributed by atoms with E-state index in [9.17, 15) is 0 Å². The number of nitrogens with zero attached hydrogens (tertiary/aromatic N) is 3. The number of rotatable bonds is 2. The highest BCUT2D eigenvalue weighted by molar-refractivity contribution is 9.10. The molecule has 96 valence electrons. The van der Waals surface area contributed by atoms with Gasteiger partial charge in [-0.2, -0.15) is 0 Å². The van der Waals surface area contributed by atoms with Crippen LogP contribution in [0.3, 0.4) is 0 Å². The van der Waals surface area contributed by atoms with E-state index in [4.69, 9.17) is 0 Å². The van der Waals surface area contributed by atoms with Gasteiger partial charge in [0.2, 0.25) is 5.95 Å². The van der Waals surface area contributed by atoms with Crippen molar-refractivity contribution in [3.63, 3.8) is 0 Å². The van der Waals surface area contributed by atoms with Crippen molar-refractivity contribution < 1.29 is 0 Å². The maximum atomic E-state index is 4.66. The van der Waals surface area contributed by atoms with E-state index in [0.29, 0.717) is 6.04 Å². The van der Waals surface area contributed by atoms with Crippen molar-refractivity contribution in [3.8, 4) is 0 Å². The molecule has 1 aromatic heterocycles. The van der Waals surface area contributed by atoms with Crippen molar-refractivity contribution in [3.05, 3.63) is 22.7 Å². The number of H-pyrrole nitrogens is 1. The van der Waals surface area contributed by atoms with Crippen LogP contribution >= 0.6 is 15.9 Å². The minimum atomic E-state index is 0.630. The molecule has 1 aliphatic rings. The summed E-state index contributed by atoms with van der Waals surface area (Å²) in [5.41, 5.74) is 2.12. The van der Waals surface area contributed by atoms with Gasteiger partial charge >= 0.3 is 0 Å². The lowest BCUT2D eigenvalue weighted by molar-refractivity contribution is 0.315. The van der Waals surface area contributed by atoms with Crippen LogP contribution in [0.15, 0.2) is 22.7 Å². The summed E-state index contributed by atoms with van der Waals surface area (Å²) in [6.45, 7) is 2.12. The zero-order valence-corrected chi connectivity index (χ0v) is 12.2. The highest BCUT2D eigenvalue weighted by atomic mass is 79.9. The van der Waals surface area contributed by atoms with E-state index < -0.39 is 0 Å². The topological polar surface area (TPSA) is 35.2 Å². The van der Waals surface area contributed by atoms with Crippen molar-refractivity contribution in [2.24, 2.45) is 0 Å². The summed E-state index contributed by atoms with van der Waals surface area (Å²) in [6, 6.07) is 6.77. The van der Waals surface area contributed by atoms with Crippen LogP contribution in [-0.4, -0.2) is 48.1 Å². The Morgan fingerprint density at radius 1 is 1.44 bits per heavy atom. The average Bonchev–Trinajstić information content (AvgIpc) is 2.93. The maximum absolute atomic E-state index is 4.66. The van der Waals surface area contributed by atoms with E-state index in [2.05, 4.69) is 55.9 Å². The summed E-state index contributed by atoms with van der Waals surface area (Å²) in [5.74, 6) is 0.993. The van der Waals surface area contributed by atoms with Gasteiger partial charge in [0.1, 0.15) is 0 Å². The third-order valence-corrected chi connectivity index (χ3v) is 4.12. The third kappa shape index (κ3) is 2.12. The normalized spacial score (nSPS) is 20.2. The Labute approximate surface area is 115 Å². The van der Waals surface area contributed by atoms with Crippen molar-refractivity contribution in [1.29, 1.82) is 0 Å². The Bertz CT molecular complexity index is 563. The fourth-order valence-corrected chi connectivity index (χ4v) is 2.83. The van der Waals surface area contributed by atoms with Gasteiger partial charge in [-0.05, 0) is 38.7 Å². The molecule has 1 N–H and O–H groups in total. The van der Waals surface area contributed by atoms with Gasteiger partial charge in [-0.1, -0.05) is 15.9 Å². The SMILES string of the molecule is CN(C)C1CCN(c2nc3ccc(Br)cc3[nH]2)C1. The monoisotopic (exact) mass is 308 g/mol. The minimum absolute atomic E-state index is 0.630. The van der Waals surface area contributed by atoms with Gasteiger partial charge in [0.15, 0.2) is 0 Å². The molecule has 5 heteroatoms. The second kappa shape index (κ2) is 4.55. The van der Waals surface area contributed by atoms with Gasteiger partial charge in [-0.15, -0.1) is 0 Å². The number of likely N-dealkylation sites (N-methyl/N-ethyl adjacent to an activating group) is 1. The molecule has 1 fully saturated rings. The Hall–Kier alpha value is -1.07. The number of fused-ring (bicyclic) bond motifs is 1. The molecule has 3 rings (SSSR count). The second-order valence-electron chi connectivity index (χ2n) is 5.07. The molecule has 1 unspecified atom stereocenters. The highest BCUT2D eigenvalue weighted by Gasteiger charge is 2.25. The lowest BCUT2D eigenvalue weighted by Gasteiger charge is -2.19. The molecular formula is C13H17BrN4. The fraction of sp³-hybridized carbons (Fsp3) is 0.462. The van der Waals surface area contributed by atoms with E-state index >= 15 is 0 Å². The Morgan fingerprint density at radius 3 is 3.00 bits per heavy atom. The first-order valence-corrected chi connectivity index (χ1v) is 6.99. The summed E-state index contributed by atoms with van der Waals surface area (Å²) in [6.07, 6.45) is 1.20. The van der Waals surface area contributed by atoms with E-state index in [0.717, 1.165) is 34.5 Å². The number of hydrogen-bond donors (Lipinski definition) is 1. The van der Waals surface area contributed by atoms with E-state index in [-0.39, 0.29) is 0 Å². The highest BCUT2D eigenvalue weighted by Crippen LogP contribution is 2.24. The predicted octanol–water partition coefficient (Wildman–Crippen LogP) is 2.47. The standard InChI is InChI=1S/C13H17BrN4/c1-17(2)10-5-6-18(8-10)13-15-11-4-3-9(14)7-12(11)16-13/h3-4,7,10H,5-6,8H2,1-2H3,(H,15,16). The number of hydrogen-bond acceptors (Lipinski definition) is 3. The zero-order chi connectivity index (χ0) is 12.7. The van der Waals surface area contributed by atoms with Gasteiger partial charge in [-0.25, -0.2) is 4.98 Å². The van der Waals surface area contributed by atoms with Crippen LogP contribution in [0.5, 0.6) is 0 Å². The minimum Gasteiger partial charge on any atom is -0.341 e. The number of aromatic nitrogens is 2. The first-order chi connectivity index (χ1) is 8.63. The van der Waals surface area contributed by atoms with E-state index in [1.165, 1.54) is 6.42 Å². The van der Waals surface area contributed by atoms with Crippen molar-refractivity contribution in [1.82, 2.24) is 14.9 Å². The molecule has 2 aromatic rings. The molecule has 0 saturated carbocycles. The molecule has 1 saturated heterocycles. The lowest BCUT2D eigenvalue weighted by Crippen LogP contribution is -2.31. The fourth-order valence-electron chi connectivity index (χ4n) is 2.47. The first kappa shape index (κ1) is 12.0. The predicted molar refractivity (Wildman–Crippen MR) is 78.1 cm³/mol. The number of benzene rings is 1. The Kier molecular flexibility index (Phi) is 3.03. The molecule has 0 aliphatic carbocycles. The Morgan fingerprint density at radius 2 is 2.28 bits per heavy atom. The van der Waals surface area contributed by atoms with E-state index in [1.54, 1.807) is 0 Å². The molecule has 1 aliphatic heterocycles. The quantitative estimate of drug-likeness (QED) is 0.925. The van der Waals surface area contributed by atoms with Crippen LogP contribution < -0.4 is 4.90 Å². The van der Waals surface area contributed by atoms with E-state index in [1.807, 2.05) is 12.1 Å². The Balaban J connectivity index is 1.87. The maximum Gasteiger partial charge on any atom is 0.203 e. The number of imidazole rings is 1. The van der Waals surface area contributed by atoms with Crippen LogP contribution in [0, 0.1) is 0 Å². The van der Waals surface area contributed by atoms with Gasteiger partial charge in [-0.3, -0.25) is 0 Å². The van der Waals surface area contributed by atoms with Crippen molar-refractivity contribution in [2.45, 2.75) is 12.5 Å². The van der Waals surface area contributed by atoms with Crippen LogP contribution in [-0.2, 0) is 0 Å². The number of aromatic amines is 1. The smallest absolute Gasteiger partial charge is 0.203 e. The molecule has 18 heavy (non-hydrogen) atoms. The lowest BCUT2D eigenvalue weighted by atomic mass is 10.2. The second-order valence-corrected chi connectivity index (χ2v) is 5.99. The van der Waals surface area contributed by atoms with Crippen LogP contribution in [0.1, 0.15) is 6.42 Å². The zero-order valence-electron chi connectivity index (χ0n) is 10.7. The summed E-state index contributed by atoms with van der Waals surface area (Å²) >= 11 is 3.49. The summed E-state index contributed by atoms with van der Waals surface area (Å²) < 4.78 is 1.08. The molecule has 0 amide bonds. The van der Waals surface area contributed by atoms with Crippen molar-refractivity contribution >= 4 is 32.9 Å². The van der Waals surface area contributed by atoms with Gasteiger partial charge in [0.05, 0.1) is 11.0 Å². The average molecular weight is 309 g/mol. The van der Waals surface area contributed by atoms with Crippen LogP contribution in [0.4, 0.5) is 5.95 Å². The molecule has 0 radical (unpaired) electrons. The molecule has 1 aromatic carbocycles. The molecule has 1 atom stereocenters. The van der Waals surface area contributed by atoms with Gasteiger partial charge in [0, 0.05) is 23.6 Å². The summed E-state index contributed by atoms with van der Waals surface area (Å²) in [5, 5.41) is 0. The van der Waals surface area contributed by atoms with Crippen molar-refractivity contribution in [2.75, 3.05) is 32.1 Å². The number of nitrogens with one attached hydrogen (secondary N) is 1.